The van der Waals surface area contributed by atoms with Gasteiger partial charge >= 0.3 is 12.0 Å². The van der Waals surface area contributed by atoms with Gasteiger partial charge in [0.25, 0.3) is 0 Å². The Bertz CT molecular complexity index is 460. The number of urea groups is 1. The maximum atomic E-state index is 13.3. The summed E-state index contributed by atoms with van der Waals surface area (Å²) >= 11 is 0. The quantitative estimate of drug-likeness (QED) is 0.769. The fourth-order valence-corrected chi connectivity index (χ4v) is 1.46. The molecule has 0 aromatic heterocycles. The molecule has 0 heterocycles. The minimum Gasteiger partial charge on any atom is -0.481 e. The highest BCUT2D eigenvalue weighted by molar-refractivity contribution is 5.90. The lowest BCUT2D eigenvalue weighted by atomic mass is 10.1. The molecule has 7 heteroatoms. The number of hydrogen-bond donors (Lipinski definition) is 3. The minimum atomic E-state index is -1.07. The molecule has 2 amide bonds. The standard InChI is InChI=1S/C12H14F2N2O3/c1-2-7(6-10(17)18)15-12(19)16-11-8(13)4-3-5-9(11)14/h3-5,7H,2,6H2,1H3,(H,17,18)(H2,15,16,19). The molecule has 3 N–H and O–H groups in total. The Morgan fingerprint density at radius 2 is 1.89 bits per heavy atom. The second kappa shape index (κ2) is 6.67. The topological polar surface area (TPSA) is 78.4 Å². The lowest BCUT2D eigenvalue weighted by molar-refractivity contribution is -0.137. The van der Waals surface area contributed by atoms with Gasteiger partial charge in [0.15, 0.2) is 0 Å². The van der Waals surface area contributed by atoms with Crippen LogP contribution in [0.1, 0.15) is 19.8 Å². The summed E-state index contributed by atoms with van der Waals surface area (Å²) in [5.41, 5.74) is -0.565. The second-order valence-electron chi connectivity index (χ2n) is 3.90. The maximum Gasteiger partial charge on any atom is 0.319 e. The summed E-state index contributed by atoms with van der Waals surface area (Å²) in [6.07, 6.45) is 0.128. The molecule has 19 heavy (non-hydrogen) atoms. The molecule has 1 unspecified atom stereocenters. The molecule has 104 valence electrons. The van der Waals surface area contributed by atoms with Crippen LogP contribution in [0.25, 0.3) is 0 Å². The monoisotopic (exact) mass is 272 g/mol. The molecular weight excluding hydrogens is 258 g/mol. The van der Waals surface area contributed by atoms with Gasteiger partial charge in [0.05, 0.1) is 6.42 Å². The maximum absolute atomic E-state index is 13.3. The third-order valence-electron chi connectivity index (χ3n) is 2.45. The number of carboxylic acid groups (broad SMARTS) is 1. The number of amides is 2. The largest absolute Gasteiger partial charge is 0.481 e. The van der Waals surface area contributed by atoms with Crippen molar-refractivity contribution < 1.29 is 23.5 Å². The van der Waals surface area contributed by atoms with Crippen molar-refractivity contribution in [3.8, 4) is 0 Å². The molecule has 1 aromatic carbocycles. The molecule has 0 bridgehead atoms. The SMILES string of the molecule is CCC(CC(=O)O)NC(=O)Nc1c(F)cccc1F. The van der Waals surface area contributed by atoms with Crippen LogP contribution in [0, 0.1) is 11.6 Å². The first-order chi connectivity index (χ1) is 8.93. The summed E-state index contributed by atoms with van der Waals surface area (Å²) < 4.78 is 26.5. The van der Waals surface area contributed by atoms with Crippen molar-refractivity contribution in [2.24, 2.45) is 0 Å². The number of carboxylic acids is 1. The van der Waals surface area contributed by atoms with Gasteiger partial charge in [-0.15, -0.1) is 0 Å². The molecule has 0 aliphatic heterocycles. The van der Waals surface area contributed by atoms with Gasteiger partial charge in [0, 0.05) is 6.04 Å². The molecule has 0 radical (unpaired) electrons. The zero-order valence-corrected chi connectivity index (χ0v) is 10.2. The van der Waals surface area contributed by atoms with Crippen molar-refractivity contribution in [1.29, 1.82) is 0 Å². The van der Waals surface area contributed by atoms with Gasteiger partial charge in [-0.05, 0) is 18.6 Å². The Morgan fingerprint density at radius 1 is 1.32 bits per heavy atom. The van der Waals surface area contributed by atoms with Crippen molar-refractivity contribution in [3.05, 3.63) is 29.8 Å². The number of hydrogen-bond acceptors (Lipinski definition) is 2. The van der Waals surface area contributed by atoms with E-state index in [1.54, 1.807) is 6.92 Å². The number of para-hydroxylation sites is 1. The van der Waals surface area contributed by atoms with Crippen molar-refractivity contribution in [1.82, 2.24) is 5.32 Å². The number of benzene rings is 1. The van der Waals surface area contributed by atoms with E-state index < -0.39 is 35.4 Å². The van der Waals surface area contributed by atoms with Crippen LogP contribution in [0.4, 0.5) is 19.3 Å². The molecule has 1 atom stereocenters. The van der Waals surface area contributed by atoms with Crippen molar-refractivity contribution in [2.75, 3.05) is 5.32 Å². The van der Waals surface area contributed by atoms with Crippen LogP contribution in [0.15, 0.2) is 18.2 Å². The average molecular weight is 272 g/mol. The molecule has 0 aliphatic rings. The van der Waals surface area contributed by atoms with E-state index in [0.717, 1.165) is 12.1 Å². The van der Waals surface area contributed by atoms with Crippen molar-refractivity contribution in [2.45, 2.75) is 25.8 Å². The van der Waals surface area contributed by atoms with Crippen LogP contribution in [0.3, 0.4) is 0 Å². The highest BCUT2D eigenvalue weighted by atomic mass is 19.1. The zero-order valence-electron chi connectivity index (χ0n) is 10.2. The minimum absolute atomic E-state index is 0.260. The fourth-order valence-electron chi connectivity index (χ4n) is 1.46. The third kappa shape index (κ3) is 4.53. The van der Waals surface area contributed by atoms with E-state index in [1.165, 1.54) is 6.07 Å². The predicted molar refractivity (Wildman–Crippen MR) is 64.8 cm³/mol. The molecule has 0 saturated heterocycles. The zero-order chi connectivity index (χ0) is 14.4. The van der Waals surface area contributed by atoms with Crippen LogP contribution >= 0.6 is 0 Å². The first-order valence-corrected chi connectivity index (χ1v) is 5.67. The Kier molecular flexibility index (Phi) is 5.23. The van der Waals surface area contributed by atoms with Gasteiger partial charge in [-0.25, -0.2) is 13.6 Å². The Labute approximate surface area is 108 Å². The van der Waals surface area contributed by atoms with Crippen molar-refractivity contribution in [3.63, 3.8) is 0 Å². The van der Waals surface area contributed by atoms with E-state index in [-0.39, 0.29) is 6.42 Å². The van der Waals surface area contributed by atoms with Crippen LogP contribution < -0.4 is 10.6 Å². The highest BCUT2D eigenvalue weighted by Crippen LogP contribution is 2.17. The summed E-state index contributed by atoms with van der Waals surface area (Å²) in [4.78, 5) is 22.0. The molecule has 1 aromatic rings. The van der Waals surface area contributed by atoms with E-state index >= 15 is 0 Å². The fraction of sp³-hybridized carbons (Fsp3) is 0.333. The summed E-state index contributed by atoms with van der Waals surface area (Å²) in [6, 6.07) is 1.73. The Hall–Kier alpha value is -2.18. The predicted octanol–water partition coefficient (Wildman–Crippen LogP) is 2.34. The third-order valence-corrected chi connectivity index (χ3v) is 2.45. The van der Waals surface area contributed by atoms with Crippen LogP contribution in [-0.4, -0.2) is 23.1 Å². The number of rotatable bonds is 5. The first-order valence-electron chi connectivity index (χ1n) is 5.67. The molecule has 0 aliphatic carbocycles. The molecule has 0 spiro atoms. The van der Waals surface area contributed by atoms with Crippen molar-refractivity contribution >= 4 is 17.7 Å². The molecule has 0 fully saturated rings. The van der Waals surface area contributed by atoms with Gasteiger partial charge in [0.2, 0.25) is 0 Å². The molecule has 1 rings (SSSR count). The summed E-state index contributed by atoms with van der Waals surface area (Å²) in [5.74, 6) is -2.87. The summed E-state index contributed by atoms with van der Waals surface area (Å²) in [5, 5.41) is 13.0. The summed E-state index contributed by atoms with van der Waals surface area (Å²) in [6.45, 7) is 1.69. The Balaban J connectivity index is 2.67. The van der Waals surface area contributed by atoms with Gasteiger partial charge < -0.3 is 15.7 Å². The number of anilines is 1. The smallest absolute Gasteiger partial charge is 0.319 e. The van der Waals surface area contributed by atoms with Gasteiger partial charge in [-0.1, -0.05) is 13.0 Å². The van der Waals surface area contributed by atoms with Gasteiger partial charge in [0.1, 0.15) is 17.3 Å². The first kappa shape index (κ1) is 14.9. The number of nitrogens with one attached hydrogen (secondary N) is 2. The number of halogens is 2. The normalized spacial score (nSPS) is 11.7. The lowest BCUT2D eigenvalue weighted by Gasteiger charge is -2.15. The van der Waals surface area contributed by atoms with E-state index in [9.17, 15) is 18.4 Å². The van der Waals surface area contributed by atoms with Crippen LogP contribution in [0.5, 0.6) is 0 Å². The van der Waals surface area contributed by atoms with E-state index in [2.05, 4.69) is 5.32 Å². The summed E-state index contributed by atoms with van der Waals surface area (Å²) in [7, 11) is 0. The average Bonchev–Trinajstić information content (AvgIpc) is 2.32. The number of aliphatic carboxylic acids is 1. The Morgan fingerprint density at radius 3 is 2.37 bits per heavy atom. The number of carbonyl (C=O) groups is 2. The molecule has 5 nitrogen and oxygen atoms in total. The van der Waals surface area contributed by atoms with E-state index in [4.69, 9.17) is 5.11 Å². The van der Waals surface area contributed by atoms with Crippen LogP contribution in [0.2, 0.25) is 0 Å². The van der Waals surface area contributed by atoms with Gasteiger partial charge in [-0.3, -0.25) is 4.79 Å². The highest BCUT2D eigenvalue weighted by Gasteiger charge is 2.16. The van der Waals surface area contributed by atoms with Crippen LogP contribution in [-0.2, 0) is 4.79 Å². The number of carbonyl (C=O) groups excluding carboxylic acids is 1. The second-order valence-corrected chi connectivity index (χ2v) is 3.90. The lowest BCUT2D eigenvalue weighted by Crippen LogP contribution is -2.39. The van der Waals surface area contributed by atoms with E-state index in [0.29, 0.717) is 6.42 Å². The van der Waals surface area contributed by atoms with Gasteiger partial charge in [-0.2, -0.15) is 0 Å². The molecular formula is C12H14F2N2O3. The van der Waals surface area contributed by atoms with E-state index in [1.807, 2.05) is 5.32 Å². The molecule has 0 saturated carbocycles.